The van der Waals surface area contributed by atoms with Crippen molar-refractivity contribution in [2.75, 3.05) is 6.61 Å². The number of aliphatic hydroxyl groups excluding tert-OH is 2. The Labute approximate surface area is 147 Å². The van der Waals surface area contributed by atoms with Gasteiger partial charge in [-0.05, 0) is 91.8 Å². The summed E-state index contributed by atoms with van der Waals surface area (Å²) in [4.78, 5) is 0. The summed E-state index contributed by atoms with van der Waals surface area (Å²) in [6, 6.07) is 0. The molecule has 136 valence electrons. The molecule has 2 N–H and O–H groups in total. The van der Waals surface area contributed by atoms with E-state index in [1.807, 2.05) is 0 Å². The predicted molar refractivity (Wildman–Crippen MR) is 97.4 cm³/mol. The normalized spacial score (nSPS) is 52.0. The maximum atomic E-state index is 10.1. The molecular formula is C22H36O2. The molecule has 0 heterocycles. The zero-order valence-electron chi connectivity index (χ0n) is 15.8. The van der Waals surface area contributed by atoms with Crippen molar-refractivity contribution >= 4 is 0 Å². The van der Waals surface area contributed by atoms with Gasteiger partial charge in [-0.15, -0.1) is 0 Å². The molecule has 0 radical (unpaired) electrons. The Balaban J connectivity index is 1.64. The van der Waals surface area contributed by atoms with E-state index in [1.54, 1.807) is 5.57 Å². The SMILES string of the molecule is C[C@H](CO)[C@H]1CC[C@H]2C3=CCC4C[C@@H](O)CC[C@]4(C)[C@H]3CC[C@]12C. The topological polar surface area (TPSA) is 40.5 Å². The fraction of sp³-hybridized carbons (Fsp3) is 0.909. The number of fused-ring (bicyclic) bond motifs is 5. The Morgan fingerprint density at radius 1 is 1.08 bits per heavy atom. The minimum Gasteiger partial charge on any atom is -0.396 e. The third-order valence-corrected chi connectivity index (χ3v) is 9.10. The quantitative estimate of drug-likeness (QED) is 0.728. The van der Waals surface area contributed by atoms with Crippen molar-refractivity contribution in [1.29, 1.82) is 0 Å². The third-order valence-electron chi connectivity index (χ3n) is 9.10. The Hall–Kier alpha value is -0.340. The molecule has 0 aromatic rings. The molecule has 0 aromatic carbocycles. The molecule has 0 bridgehead atoms. The zero-order valence-corrected chi connectivity index (χ0v) is 15.8. The van der Waals surface area contributed by atoms with E-state index in [9.17, 15) is 10.2 Å². The lowest BCUT2D eigenvalue weighted by Gasteiger charge is -2.57. The van der Waals surface area contributed by atoms with Crippen LogP contribution in [-0.2, 0) is 0 Å². The van der Waals surface area contributed by atoms with Gasteiger partial charge in [-0.2, -0.15) is 0 Å². The monoisotopic (exact) mass is 332 g/mol. The summed E-state index contributed by atoms with van der Waals surface area (Å²) in [5, 5.41) is 19.8. The summed E-state index contributed by atoms with van der Waals surface area (Å²) < 4.78 is 0. The Bertz CT molecular complexity index is 526. The summed E-state index contributed by atoms with van der Waals surface area (Å²) in [5.41, 5.74) is 2.61. The lowest BCUT2D eigenvalue weighted by Crippen LogP contribution is -2.50. The van der Waals surface area contributed by atoms with Crippen molar-refractivity contribution in [1.82, 2.24) is 0 Å². The van der Waals surface area contributed by atoms with Crippen LogP contribution in [0.2, 0.25) is 0 Å². The van der Waals surface area contributed by atoms with E-state index in [2.05, 4.69) is 26.8 Å². The summed E-state index contributed by atoms with van der Waals surface area (Å²) in [7, 11) is 0. The molecule has 0 spiro atoms. The average molecular weight is 333 g/mol. The van der Waals surface area contributed by atoms with Crippen LogP contribution in [0.4, 0.5) is 0 Å². The first-order chi connectivity index (χ1) is 11.4. The number of allylic oxidation sites excluding steroid dienone is 2. The van der Waals surface area contributed by atoms with Crippen LogP contribution in [0.1, 0.15) is 72.1 Å². The van der Waals surface area contributed by atoms with Crippen LogP contribution in [0.25, 0.3) is 0 Å². The van der Waals surface area contributed by atoms with Crippen LogP contribution in [0.15, 0.2) is 11.6 Å². The first-order valence-corrected chi connectivity index (χ1v) is 10.4. The van der Waals surface area contributed by atoms with Gasteiger partial charge < -0.3 is 10.2 Å². The molecule has 4 aliphatic rings. The average Bonchev–Trinajstić information content (AvgIpc) is 2.92. The van der Waals surface area contributed by atoms with Gasteiger partial charge in [-0.1, -0.05) is 32.4 Å². The van der Waals surface area contributed by atoms with E-state index in [-0.39, 0.29) is 6.10 Å². The number of aliphatic hydroxyl groups is 2. The summed E-state index contributed by atoms with van der Waals surface area (Å²) in [6.07, 6.45) is 12.2. The van der Waals surface area contributed by atoms with E-state index < -0.39 is 0 Å². The Morgan fingerprint density at radius 2 is 1.79 bits per heavy atom. The van der Waals surface area contributed by atoms with Crippen molar-refractivity contribution in [2.24, 2.45) is 40.4 Å². The van der Waals surface area contributed by atoms with E-state index in [4.69, 9.17) is 0 Å². The lowest BCUT2D eigenvalue weighted by atomic mass is 9.47. The molecule has 4 aliphatic carbocycles. The maximum absolute atomic E-state index is 10.1. The molecular weight excluding hydrogens is 296 g/mol. The first kappa shape index (κ1) is 17.1. The fourth-order valence-corrected chi connectivity index (χ4v) is 7.59. The number of rotatable bonds is 2. The smallest absolute Gasteiger partial charge is 0.0543 e. The molecule has 1 unspecified atom stereocenters. The van der Waals surface area contributed by atoms with Gasteiger partial charge >= 0.3 is 0 Å². The van der Waals surface area contributed by atoms with Crippen molar-refractivity contribution in [3.63, 3.8) is 0 Å². The van der Waals surface area contributed by atoms with Gasteiger partial charge in [0, 0.05) is 6.61 Å². The van der Waals surface area contributed by atoms with Crippen molar-refractivity contribution in [3.8, 4) is 0 Å². The van der Waals surface area contributed by atoms with Crippen molar-refractivity contribution in [2.45, 2.75) is 78.2 Å². The summed E-state index contributed by atoms with van der Waals surface area (Å²) in [6.45, 7) is 7.65. The van der Waals surface area contributed by atoms with Gasteiger partial charge in [0.1, 0.15) is 0 Å². The Kier molecular flexibility index (Phi) is 4.16. The summed E-state index contributed by atoms with van der Waals surface area (Å²) >= 11 is 0. The van der Waals surface area contributed by atoms with Crippen LogP contribution in [0, 0.1) is 40.4 Å². The highest BCUT2D eigenvalue weighted by molar-refractivity contribution is 5.27. The van der Waals surface area contributed by atoms with E-state index in [0.717, 1.165) is 24.7 Å². The van der Waals surface area contributed by atoms with Crippen LogP contribution in [0.3, 0.4) is 0 Å². The van der Waals surface area contributed by atoms with Gasteiger partial charge in [-0.25, -0.2) is 0 Å². The zero-order chi connectivity index (χ0) is 17.1. The standard InChI is InChI=1S/C22H36O2/c1-14(13-23)18-6-7-19-17-5-4-15-12-16(24)8-10-21(15,2)20(17)9-11-22(18,19)3/h5,14-16,18-20,23-24H,4,6-13H2,1-3H3/t14-,15?,16+,18-,19+,20+,21+,22-/m1/s1. The molecule has 2 nitrogen and oxygen atoms in total. The second-order valence-corrected chi connectivity index (χ2v) is 10.1. The van der Waals surface area contributed by atoms with Crippen LogP contribution in [-0.4, -0.2) is 22.9 Å². The van der Waals surface area contributed by atoms with Gasteiger partial charge in [0.05, 0.1) is 6.10 Å². The molecule has 0 saturated heterocycles. The van der Waals surface area contributed by atoms with Crippen LogP contribution in [0.5, 0.6) is 0 Å². The molecule has 3 saturated carbocycles. The fourth-order valence-electron chi connectivity index (χ4n) is 7.59. The second kappa shape index (κ2) is 5.84. The molecule has 0 aliphatic heterocycles. The van der Waals surface area contributed by atoms with Gasteiger partial charge in [-0.3, -0.25) is 0 Å². The third kappa shape index (κ3) is 2.28. The highest BCUT2D eigenvalue weighted by atomic mass is 16.3. The molecule has 0 aromatic heterocycles. The van der Waals surface area contributed by atoms with Crippen LogP contribution < -0.4 is 0 Å². The predicted octanol–water partition coefficient (Wildman–Crippen LogP) is 4.55. The highest BCUT2D eigenvalue weighted by Gasteiger charge is 2.58. The second-order valence-electron chi connectivity index (χ2n) is 10.1. The van der Waals surface area contributed by atoms with E-state index in [0.29, 0.717) is 35.2 Å². The van der Waals surface area contributed by atoms with Gasteiger partial charge in [0.25, 0.3) is 0 Å². The van der Waals surface area contributed by atoms with Crippen LogP contribution >= 0.6 is 0 Å². The largest absolute Gasteiger partial charge is 0.396 e. The Morgan fingerprint density at radius 3 is 2.54 bits per heavy atom. The van der Waals surface area contributed by atoms with E-state index in [1.165, 1.54) is 38.5 Å². The number of hydrogen-bond donors (Lipinski definition) is 2. The summed E-state index contributed by atoms with van der Waals surface area (Å²) in [5.74, 6) is 3.32. The highest BCUT2D eigenvalue weighted by Crippen LogP contribution is 2.66. The van der Waals surface area contributed by atoms with E-state index >= 15 is 0 Å². The van der Waals surface area contributed by atoms with Crippen molar-refractivity contribution in [3.05, 3.63) is 11.6 Å². The molecule has 2 heteroatoms. The maximum Gasteiger partial charge on any atom is 0.0543 e. The number of hydrogen-bond acceptors (Lipinski definition) is 2. The van der Waals surface area contributed by atoms with Gasteiger partial charge in [0.2, 0.25) is 0 Å². The minimum absolute atomic E-state index is 0.0619. The first-order valence-electron chi connectivity index (χ1n) is 10.4. The lowest BCUT2D eigenvalue weighted by molar-refractivity contribution is -0.0439. The molecule has 24 heavy (non-hydrogen) atoms. The molecule has 0 amide bonds. The molecule has 8 atom stereocenters. The minimum atomic E-state index is -0.0619. The van der Waals surface area contributed by atoms with Crippen molar-refractivity contribution < 1.29 is 10.2 Å². The van der Waals surface area contributed by atoms with Gasteiger partial charge in [0.15, 0.2) is 0 Å². The molecule has 3 fully saturated rings. The molecule has 4 rings (SSSR count).